The molecule has 0 radical (unpaired) electrons. The number of nitriles is 3. The molecule has 17 heavy (non-hydrogen) atoms. The Bertz CT molecular complexity index is 522. The summed E-state index contributed by atoms with van der Waals surface area (Å²) in [7, 11) is 0. The SMILES string of the molecule is N#CC(C#N)=C(N)C(C#N)Cc1ccccc1. The molecule has 0 saturated carbocycles. The molecule has 4 nitrogen and oxygen atoms in total. The van der Waals surface area contributed by atoms with Crippen LogP contribution in [0.2, 0.25) is 0 Å². The van der Waals surface area contributed by atoms with E-state index in [4.69, 9.17) is 21.5 Å². The van der Waals surface area contributed by atoms with Gasteiger partial charge >= 0.3 is 0 Å². The van der Waals surface area contributed by atoms with Gasteiger partial charge in [-0.25, -0.2) is 0 Å². The van der Waals surface area contributed by atoms with Gasteiger partial charge in [-0.15, -0.1) is 0 Å². The van der Waals surface area contributed by atoms with Crippen molar-refractivity contribution in [3.05, 3.63) is 47.2 Å². The van der Waals surface area contributed by atoms with Gasteiger partial charge < -0.3 is 5.73 Å². The molecule has 1 unspecified atom stereocenters. The number of hydrogen-bond acceptors (Lipinski definition) is 4. The van der Waals surface area contributed by atoms with Crippen LogP contribution < -0.4 is 5.73 Å². The van der Waals surface area contributed by atoms with Gasteiger partial charge in [-0.2, -0.15) is 15.8 Å². The number of nitrogens with two attached hydrogens (primary N) is 1. The number of rotatable bonds is 3. The van der Waals surface area contributed by atoms with Gasteiger partial charge in [0, 0.05) is 0 Å². The minimum absolute atomic E-state index is 0.0429. The van der Waals surface area contributed by atoms with Gasteiger partial charge in [0.2, 0.25) is 0 Å². The Labute approximate surface area is 99.8 Å². The molecule has 2 N–H and O–H groups in total. The van der Waals surface area contributed by atoms with E-state index in [-0.39, 0.29) is 11.3 Å². The van der Waals surface area contributed by atoms with E-state index in [9.17, 15) is 0 Å². The normalized spacial score (nSPS) is 10.4. The van der Waals surface area contributed by atoms with E-state index in [0.29, 0.717) is 6.42 Å². The van der Waals surface area contributed by atoms with Gasteiger partial charge in [-0.3, -0.25) is 0 Å². The Morgan fingerprint density at radius 1 is 1.12 bits per heavy atom. The van der Waals surface area contributed by atoms with E-state index < -0.39 is 5.92 Å². The predicted octanol–water partition coefficient (Wildman–Crippen LogP) is 1.63. The van der Waals surface area contributed by atoms with Crippen molar-refractivity contribution in [1.29, 1.82) is 15.8 Å². The topological polar surface area (TPSA) is 97.4 Å². The lowest BCUT2D eigenvalue weighted by molar-refractivity contribution is 0.753. The molecule has 1 rings (SSSR count). The molecule has 4 heteroatoms. The molecule has 1 aromatic rings. The van der Waals surface area contributed by atoms with Gasteiger partial charge in [0.05, 0.1) is 17.7 Å². The lowest BCUT2D eigenvalue weighted by Crippen LogP contribution is -2.15. The van der Waals surface area contributed by atoms with Crippen molar-refractivity contribution in [2.24, 2.45) is 11.7 Å². The average molecular weight is 222 g/mol. The summed E-state index contributed by atoms with van der Waals surface area (Å²) >= 11 is 0. The van der Waals surface area contributed by atoms with Crippen molar-refractivity contribution in [1.82, 2.24) is 0 Å². The van der Waals surface area contributed by atoms with Crippen LogP contribution in [0.25, 0.3) is 0 Å². The van der Waals surface area contributed by atoms with Gasteiger partial charge in [0.1, 0.15) is 17.7 Å². The first-order valence-corrected chi connectivity index (χ1v) is 4.96. The Hall–Kier alpha value is -2.77. The highest BCUT2D eigenvalue weighted by Gasteiger charge is 2.16. The van der Waals surface area contributed by atoms with Crippen LogP contribution in [0, 0.1) is 39.9 Å². The standard InChI is InChI=1S/C13H10N4/c14-7-11(13(17)12(8-15)9-16)6-10-4-2-1-3-5-10/h1-5,11H,6,17H2. The van der Waals surface area contributed by atoms with Crippen molar-refractivity contribution in [2.75, 3.05) is 0 Å². The van der Waals surface area contributed by atoms with E-state index in [1.165, 1.54) is 0 Å². The Morgan fingerprint density at radius 3 is 2.18 bits per heavy atom. The van der Waals surface area contributed by atoms with Gasteiger partial charge in [-0.1, -0.05) is 30.3 Å². The average Bonchev–Trinajstić information content (AvgIpc) is 2.38. The van der Waals surface area contributed by atoms with Crippen molar-refractivity contribution in [3.8, 4) is 18.2 Å². The zero-order valence-corrected chi connectivity index (χ0v) is 9.09. The van der Waals surface area contributed by atoms with E-state index in [1.54, 1.807) is 12.1 Å². The molecule has 0 bridgehead atoms. The molecule has 1 aromatic carbocycles. The fourth-order valence-electron chi connectivity index (χ4n) is 1.40. The molecule has 0 aliphatic heterocycles. The highest BCUT2D eigenvalue weighted by Crippen LogP contribution is 2.15. The second kappa shape index (κ2) is 5.95. The van der Waals surface area contributed by atoms with Crippen molar-refractivity contribution >= 4 is 0 Å². The quantitative estimate of drug-likeness (QED) is 0.786. The van der Waals surface area contributed by atoms with E-state index in [1.807, 2.05) is 36.4 Å². The first-order chi connectivity index (χ1) is 8.22. The van der Waals surface area contributed by atoms with E-state index in [0.717, 1.165) is 5.56 Å². The van der Waals surface area contributed by atoms with E-state index in [2.05, 4.69) is 0 Å². The van der Waals surface area contributed by atoms with Gasteiger partial charge in [0.25, 0.3) is 0 Å². The minimum Gasteiger partial charge on any atom is -0.399 e. The Morgan fingerprint density at radius 2 is 1.71 bits per heavy atom. The maximum absolute atomic E-state index is 9.01. The molecule has 0 heterocycles. The van der Waals surface area contributed by atoms with Crippen LogP contribution in [0.1, 0.15) is 5.56 Å². The zero-order chi connectivity index (χ0) is 12.7. The lowest BCUT2D eigenvalue weighted by atomic mass is 9.95. The third-order valence-corrected chi connectivity index (χ3v) is 2.33. The van der Waals surface area contributed by atoms with Gasteiger partial charge in [-0.05, 0) is 12.0 Å². The maximum atomic E-state index is 9.01. The number of benzene rings is 1. The summed E-state index contributed by atoms with van der Waals surface area (Å²) in [5, 5.41) is 26.4. The first kappa shape index (κ1) is 12.3. The van der Waals surface area contributed by atoms with Crippen LogP contribution in [-0.4, -0.2) is 0 Å². The summed E-state index contributed by atoms with van der Waals surface area (Å²) in [6, 6.07) is 14.7. The summed E-state index contributed by atoms with van der Waals surface area (Å²) in [5.41, 5.74) is 6.45. The summed E-state index contributed by atoms with van der Waals surface area (Å²) < 4.78 is 0. The molecule has 0 aliphatic rings. The summed E-state index contributed by atoms with van der Waals surface area (Å²) in [5.74, 6) is -0.647. The fourth-order valence-corrected chi connectivity index (χ4v) is 1.40. The zero-order valence-electron chi connectivity index (χ0n) is 9.09. The smallest absolute Gasteiger partial charge is 0.149 e. The van der Waals surface area contributed by atoms with E-state index >= 15 is 0 Å². The molecular weight excluding hydrogens is 212 g/mol. The molecule has 1 atom stereocenters. The van der Waals surface area contributed by atoms with Gasteiger partial charge in [0.15, 0.2) is 0 Å². The van der Waals surface area contributed by atoms with Crippen LogP contribution >= 0.6 is 0 Å². The highest BCUT2D eigenvalue weighted by atomic mass is 14.6. The van der Waals surface area contributed by atoms with Crippen LogP contribution in [0.4, 0.5) is 0 Å². The second-order valence-corrected chi connectivity index (χ2v) is 3.43. The predicted molar refractivity (Wildman–Crippen MR) is 61.7 cm³/mol. The second-order valence-electron chi connectivity index (χ2n) is 3.43. The largest absolute Gasteiger partial charge is 0.399 e. The van der Waals surface area contributed by atoms with Crippen molar-refractivity contribution in [2.45, 2.75) is 6.42 Å². The minimum atomic E-state index is -0.647. The van der Waals surface area contributed by atoms with Crippen molar-refractivity contribution in [3.63, 3.8) is 0 Å². The Kier molecular flexibility index (Phi) is 4.31. The molecule has 0 aliphatic carbocycles. The molecule has 82 valence electrons. The summed E-state index contributed by atoms with van der Waals surface area (Å²) in [6.07, 6.45) is 0.399. The third-order valence-electron chi connectivity index (χ3n) is 2.33. The third kappa shape index (κ3) is 3.09. The molecule has 0 aromatic heterocycles. The van der Waals surface area contributed by atoms with Crippen LogP contribution in [-0.2, 0) is 6.42 Å². The molecule has 0 spiro atoms. The summed E-state index contributed by atoms with van der Waals surface area (Å²) in [4.78, 5) is 0. The highest BCUT2D eigenvalue weighted by molar-refractivity contribution is 5.41. The lowest BCUT2D eigenvalue weighted by Gasteiger charge is -2.09. The van der Waals surface area contributed by atoms with Crippen LogP contribution in [0.3, 0.4) is 0 Å². The maximum Gasteiger partial charge on any atom is 0.149 e. The number of allylic oxidation sites excluding steroid dienone is 2. The first-order valence-electron chi connectivity index (χ1n) is 4.96. The molecule has 0 saturated heterocycles. The molecule has 0 fully saturated rings. The number of nitrogens with zero attached hydrogens (tertiary/aromatic N) is 3. The number of hydrogen-bond donors (Lipinski definition) is 1. The molecule has 0 amide bonds. The monoisotopic (exact) mass is 222 g/mol. The van der Waals surface area contributed by atoms with Crippen LogP contribution in [0.15, 0.2) is 41.6 Å². The van der Waals surface area contributed by atoms with Crippen molar-refractivity contribution < 1.29 is 0 Å². The Balaban J connectivity index is 2.97. The van der Waals surface area contributed by atoms with Crippen LogP contribution in [0.5, 0.6) is 0 Å². The molecular formula is C13H10N4. The summed E-state index contributed by atoms with van der Waals surface area (Å²) in [6.45, 7) is 0. The fraction of sp³-hybridized carbons (Fsp3) is 0.154.